The van der Waals surface area contributed by atoms with Crippen molar-refractivity contribution in [3.8, 4) is 0 Å². The number of rotatable bonds is 5. The van der Waals surface area contributed by atoms with Crippen LogP contribution in [0.3, 0.4) is 0 Å². The van der Waals surface area contributed by atoms with Gasteiger partial charge in [-0.15, -0.1) is 0 Å². The maximum Gasteiger partial charge on any atom is 0.0730 e. The zero-order chi connectivity index (χ0) is 13.5. The highest BCUT2D eigenvalue weighted by Crippen LogP contribution is 2.24. The second-order valence-corrected chi connectivity index (χ2v) is 4.67. The molecule has 0 saturated heterocycles. The Morgan fingerprint density at radius 1 is 0.947 bits per heavy atom. The number of aliphatic hydroxyl groups excluding tert-OH is 1. The number of hydrogen-bond donors (Lipinski definition) is 1. The molecular weight excluding hydrogens is 232 g/mol. The van der Waals surface area contributed by atoms with E-state index >= 15 is 0 Å². The summed E-state index contributed by atoms with van der Waals surface area (Å²) in [5, 5.41) is 10.1. The van der Waals surface area contributed by atoms with E-state index in [-0.39, 0.29) is 6.10 Å². The summed E-state index contributed by atoms with van der Waals surface area (Å²) in [6, 6.07) is 20.4. The molecule has 1 N–H and O–H groups in total. The molecule has 0 saturated carbocycles. The van der Waals surface area contributed by atoms with Crippen LogP contribution in [0.15, 0.2) is 66.7 Å². The highest BCUT2D eigenvalue weighted by Gasteiger charge is 2.07. The first-order valence-electron chi connectivity index (χ1n) is 6.82. The molecule has 0 amide bonds. The van der Waals surface area contributed by atoms with Crippen molar-refractivity contribution in [2.24, 2.45) is 0 Å². The van der Waals surface area contributed by atoms with Crippen LogP contribution in [0.2, 0.25) is 0 Å². The average Bonchev–Trinajstić information content (AvgIpc) is 2.47. The SMILES string of the molecule is CCCC(O)C=C(c1ccccc1)c1ccccc1. The van der Waals surface area contributed by atoms with Crippen molar-refractivity contribution < 1.29 is 5.11 Å². The highest BCUT2D eigenvalue weighted by atomic mass is 16.3. The Bertz CT molecular complexity index is 472. The normalized spacial score (nSPS) is 11.9. The molecule has 1 atom stereocenters. The minimum atomic E-state index is -0.389. The van der Waals surface area contributed by atoms with Gasteiger partial charge in [0.05, 0.1) is 6.10 Å². The van der Waals surface area contributed by atoms with Crippen molar-refractivity contribution >= 4 is 5.57 Å². The largest absolute Gasteiger partial charge is 0.389 e. The van der Waals surface area contributed by atoms with E-state index in [2.05, 4.69) is 31.2 Å². The standard InChI is InChI=1S/C18H20O/c1-2-9-17(19)14-18(15-10-5-3-6-11-15)16-12-7-4-8-13-16/h3-8,10-14,17,19H,2,9H2,1H3. The molecule has 0 aliphatic carbocycles. The lowest BCUT2D eigenvalue weighted by Crippen LogP contribution is -2.03. The van der Waals surface area contributed by atoms with E-state index in [0.717, 1.165) is 29.5 Å². The lowest BCUT2D eigenvalue weighted by Gasteiger charge is -2.11. The van der Waals surface area contributed by atoms with Crippen LogP contribution in [0.4, 0.5) is 0 Å². The predicted octanol–water partition coefficient (Wildman–Crippen LogP) is 4.28. The van der Waals surface area contributed by atoms with Crippen molar-refractivity contribution in [1.29, 1.82) is 0 Å². The lowest BCUT2D eigenvalue weighted by molar-refractivity contribution is 0.212. The van der Waals surface area contributed by atoms with Gasteiger partial charge in [-0.25, -0.2) is 0 Å². The lowest BCUT2D eigenvalue weighted by atomic mass is 9.96. The first-order valence-corrected chi connectivity index (χ1v) is 6.82. The molecule has 1 heteroatoms. The van der Waals surface area contributed by atoms with E-state index in [0.29, 0.717) is 0 Å². The maximum atomic E-state index is 10.1. The summed E-state index contributed by atoms with van der Waals surface area (Å²) >= 11 is 0. The summed E-state index contributed by atoms with van der Waals surface area (Å²) in [7, 11) is 0. The van der Waals surface area contributed by atoms with Gasteiger partial charge in [0, 0.05) is 0 Å². The zero-order valence-corrected chi connectivity index (χ0v) is 11.3. The van der Waals surface area contributed by atoms with Gasteiger partial charge < -0.3 is 5.11 Å². The summed E-state index contributed by atoms with van der Waals surface area (Å²) < 4.78 is 0. The molecule has 0 bridgehead atoms. The molecule has 19 heavy (non-hydrogen) atoms. The van der Waals surface area contributed by atoms with Crippen LogP contribution in [-0.4, -0.2) is 11.2 Å². The monoisotopic (exact) mass is 252 g/mol. The Kier molecular flexibility index (Phi) is 4.93. The molecule has 1 nitrogen and oxygen atoms in total. The third kappa shape index (κ3) is 3.80. The van der Waals surface area contributed by atoms with Gasteiger partial charge in [0.1, 0.15) is 0 Å². The summed E-state index contributed by atoms with van der Waals surface area (Å²) in [6.07, 6.45) is 3.35. The molecule has 0 spiro atoms. The Balaban J connectivity index is 2.40. The second-order valence-electron chi connectivity index (χ2n) is 4.67. The van der Waals surface area contributed by atoms with E-state index in [4.69, 9.17) is 0 Å². The summed E-state index contributed by atoms with van der Waals surface area (Å²) in [4.78, 5) is 0. The fraction of sp³-hybridized carbons (Fsp3) is 0.222. The molecular formula is C18H20O. The van der Waals surface area contributed by atoms with E-state index in [9.17, 15) is 5.11 Å². The van der Waals surface area contributed by atoms with Crippen LogP contribution in [0.1, 0.15) is 30.9 Å². The summed E-state index contributed by atoms with van der Waals surface area (Å²) in [5.41, 5.74) is 3.38. The summed E-state index contributed by atoms with van der Waals surface area (Å²) in [6.45, 7) is 2.09. The van der Waals surface area contributed by atoms with Gasteiger partial charge >= 0.3 is 0 Å². The van der Waals surface area contributed by atoms with Gasteiger partial charge in [-0.1, -0.05) is 74.0 Å². The minimum absolute atomic E-state index is 0.389. The van der Waals surface area contributed by atoms with Crippen LogP contribution in [0, 0.1) is 0 Å². The van der Waals surface area contributed by atoms with Gasteiger partial charge in [-0.2, -0.15) is 0 Å². The topological polar surface area (TPSA) is 20.2 Å². The molecule has 0 radical (unpaired) electrons. The third-order valence-electron chi connectivity index (χ3n) is 3.11. The predicted molar refractivity (Wildman–Crippen MR) is 80.9 cm³/mol. The Morgan fingerprint density at radius 3 is 1.84 bits per heavy atom. The fourth-order valence-corrected chi connectivity index (χ4v) is 2.17. The quantitative estimate of drug-likeness (QED) is 0.842. The molecule has 98 valence electrons. The van der Waals surface area contributed by atoms with Crippen molar-refractivity contribution in [2.45, 2.75) is 25.9 Å². The molecule has 0 aliphatic rings. The van der Waals surface area contributed by atoms with E-state index < -0.39 is 0 Å². The van der Waals surface area contributed by atoms with Gasteiger partial charge in [0.2, 0.25) is 0 Å². The van der Waals surface area contributed by atoms with E-state index in [1.807, 2.05) is 42.5 Å². The second kappa shape index (κ2) is 6.91. The first kappa shape index (κ1) is 13.6. The highest BCUT2D eigenvalue weighted by molar-refractivity contribution is 5.79. The average molecular weight is 252 g/mol. The van der Waals surface area contributed by atoms with E-state index in [1.54, 1.807) is 0 Å². The number of benzene rings is 2. The van der Waals surface area contributed by atoms with Crippen LogP contribution < -0.4 is 0 Å². The smallest absolute Gasteiger partial charge is 0.0730 e. The molecule has 2 rings (SSSR count). The molecule has 0 aromatic heterocycles. The molecule has 1 unspecified atom stereocenters. The fourth-order valence-electron chi connectivity index (χ4n) is 2.17. The van der Waals surface area contributed by atoms with Crippen LogP contribution >= 0.6 is 0 Å². The maximum absolute atomic E-state index is 10.1. The minimum Gasteiger partial charge on any atom is -0.389 e. The van der Waals surface area contributed by atoms with Crippen molar-refractivity contribution in [1.82, 2.24) is 0 Å². The van der Waals surface area contributed by atoms with Gasteiger partial charge in [-0.05, 0) is 29.2 Å². The van der Waals surface area contributed by atoms with Crippen LogP contribution in [0.25, 0.3) is 5.57 Å². The molecule has 2 aromatic carbocycles. The third-order valence-corrected chi connectivity index (χ3v) is 3.11. The molecule has 0 fully saturated rings. The molecule has 0 heterocycles. The zero-order valence-electron chi connectivity index (χ0n) is 11.3. The Morgan fingerprint density at radius 2 is 1.42 bits per heavy atom. The Hall–Kier alpha value is -1.86. The summed E-state index contributed by atoms with van der Waals surface area (Å²) in [5.74, 6) is 0. The number of aliphatic hydroxyl groups is 1. The van der Waals surface area contributed by atoms with Crippen molar-refractivity contribution in [3.63, 3.8) is 0 Å². The Labute approximate surface area is 115 Å². The van der Waals surface area contributed by atoms with Gasteiger partial charge in [0.15, 0.2) is 0 Å². The van der Waals surface area contributed by atoms with Crippen molar-refractivity contribution in [2.75, 3.05) is 0 Å². The number of hydrogen-bond acceptors (Lipinski definition) is 1. The molecule has 2 aromatic rings. The van der Waals surface area contributed by atoms with Gasteiger partial charge in [0.25, 0.3) is 0 Å². The van der Waals surface area contributed by atoms with Crippen molar-refractivity contribution in [3.05, 3.63) is 77.9 Å². The van der Waals surface area contributed by atoms with Crippen LogP contribution in [-0.2, 0) is 0 Å². The first-order chi connectivity index (χ1) is 9.31. The van der Waals surface area contributed by atoms with Gasteiger partial charge in [-0.3, -0.25) is 0 Å². The van der Waals surface area contributed by atoms with E-state index in [1.165, 1.54) is 0 Å². The van der Waals surface area contributed by atoms with Crippen LogP contribution in [0.5, 0.6) is 0 Å². The molecule has 0 aliphatic heterocycles.